The van der Waals surface area contributed by atoms with Crippen LogP contribution >= 0.6 is 0 Å². The zero-order valence-corrected chi connectivity index (χ0v) is 16.0. The molecular formula is C20H17N3O6. The zero-order chi connectivity index (χ0) is 20.5. The quantitative estimate of drug-likeness (QED) is 0.507. The van der Waals surface area contributed by atoms with Gasteiger partial charge in [-0.15, -0.1) is 0 Å². The van der Waals surface area contributed by atoms with Gasteiger partial charge < -0.3 is 23.0 Å². The summed E-state index contributed by atoms with van der Waals surface area (Å²) in [6.07, 6.45) is 1.52. The number of hydrogen-bond acceptors (Lipinski definition) is 8. The molecule has 0 bridgehead atoms. The van der Waals surface area contributed by atoms with Crippen molar-refractivity contribution in [3.8, 4) is 22.9 Å². The lowest BCUT2D eigenvalue weighted by Crippen LogP contribution is -2.21. The lowest BCUT2D eigenvalue weighted by Gasteiger charge is -2.07. The van der Waals surface area contributed by atoms with Gasteiger partial charge in [-0.2, -0.15) is 4.98 Å². The van der Waals surface area contributed by atoms with Crippen LogP contribution in [0.2, 0.25) is 0 Å². The Morgan fingerprint density at radius 1 is 1.07 bits per heavy atom. The monoisotopic (exact) mass is 395 g/mol. The maximum absolute atomic E-state index is 12.8. The van der Waals surface area contributed by atoms with Gasteiger partial charge in [-0.25, -0.2) is 4.79 Å². The number of ether oxygens (including phenoxy) is 2. The molecule has 3 aromatic heterocycles. The molecule has 0 spiro atoms. The van der Waals surface area contributed by atoms with E-state index in [0.29, 0.717) is 33.8 Å². The molecule has 0 amide bonds. The summed E-state index contributed by atoms with van der Waals surface area (Å²) in [7, 11) is 3.09. The first kappa shape index (κ1) is 18.5. The molecule has 0 aliphatic rings. The standard InChI is InChI=1S/C20H17N3O6/c1-11-8-17(24)28-14-6-7-23(20(25)18(11)14)10-16-21-19(22-29-16)12-4-5-13(26-2)15(9-12)27-3/h4-9H,10H2,1-3H3. The van der Waals surface area contributed by atoms with Crippen molar-refractivity contribution in [1.29, 1.82) is 0 Å². The van der Waals surface area contributed by atoms with Crippen molar-refractivity contribution in [2.45, 2.75) is 13.5 Å². The molecule has 0 atom stereocenters. The first-order valence-corrected chi connectivity index (χ1v) is 8.69. The predicted molar refractivity (Wildman–Crippen MR) is 103 cm³/mol. The number of rotatable bonds is 5. The van der Waals surface area contributed by atoms with E-state index in [2.05, 4.69) is 10.1 Å². The highest BCUT2D eigenvalue weighted by molar-refractivity contribution is 5.78. The zero-order valence-electron chi connectivity index (χ0n) is 16.0. The van der Waals surface area contributed by atoms with Crippen LogP contribution in [0.1, 0.15) is 11.5 Å². The van der Waals surface area contributed by atoms with E-state index in [1.165, 1.54) is 16.8 Å². The number of methoxy groups -OCH3 is 2. The molecule has 29 heavy (non-hydrogen) atoms. The molecule has 0 unspecified atom stereocenters. The molecule has 0 aliphatic carbocycles. The fourth-order valence-corrected chi connectivity index (χ4v) is 3.07. The molecule has 0 saturated heterocycles. The van der Waals surface area contributed by atoms with Crippen LogP contribution in [0.15, 0.2) is 55.1 Å². The third-order valence-corrected chi connectivity index (χ3v) is 4.48. The molecular weight excluding hydrogens is 378 g/mol. The molecule has 0 fully saturated rings. The summed E-state index contributed by atoms with van der Waals surface area (Å²) in [4.78, 5) is 28.6. The van der Waals surface area contributed by atoms with Crippen LogP contribution in [0.4, 0.5) is 0 Å². The lowest BCUT2D eigenvalue weighted by molar-refractivity contribution is 0.355. The SMILES string of the molecule is COc1ccc(-c2noc(Cn3ccc4oc(=O)cc(C)c4c3=O)n2)cc1OC. The Labute approximate surface area is 164 Å². The Kier molecular flexibility index (Phi) is 4.63. The maximum Gasteiger partial charge on any atom is 0.336 e. The van der Waals surface area contributed by atoms with Crippen molar-refractivity contribution >= 4 is 11.0 Å². The molecule has 9 nitrogen and oxygen atoms in total. The second-order valence-electron chi connectivity index (χ2n) is 6.32. The topological polar surface area (TPSA) is 110 Å². The molecule has 0 N–H and O–H groups in total. The minimum Gasteiger partial charge on any atom is -0.493 e. The first-order chi connectivity index (χ1) is 14.0. The fraction of sp³-hybridized carbons (Fsp3) is 0.200. The Morgan fingerprint density at radius 2 is 1.86 bits per heavy atom. The average molecular weight is 395 g/mol. The van der Waals surface area contributed by atoms with E-state index in [1.54, 1.807) is 45.4 Å². The van der Waals surface area contributed by atoms with Gasteiger partial charge in [-0.3, -0.25) is 4.79 Å². The van der Waals surface area contributed by atoms with Gasteiger partial charge in [0.25, 0.3) is 5.56 Å². The second kappa shape index (κ2) is 7.27. The van der Waals surface area contributed by atoms with Crippen LogP contribution in [0.3, 0.4) is 0 Å². The highest BCUT2D eigenvalue weighted by atomic mass is 16.5. The fourth-order valence-electron chi connectivity index (χ4n) is 3.07. The van der Waals surface area contributed by atoms with Crippen LogP contribution in [-0.2, 0) is 6.54 Å². The molecule has 9 heteroatoms. The van der Waals surface area contributed by atoms with Gasteiger partial charge in [0.1, 0.15) is 12.1 Å². The van der Waals surface area contributed by atoms with Gasteiger partial charge in [-0.1, -0.05) is 5.16 Å². The van der Waals surface area contributed by atoms with Crippen LogP contribution in [0.25, 0.3) is 22.4 Å². The number of nitrogens with zero attached hydrogens (tertiary/aromatic N) is 3. The number of fused-ring (bicyclic) bond motifs is 1. The second-order valence-corrected chi connectivity index (χ2v) is 6.32. The summed E-state index contributed by atoms with van der Waals surface area (Å²) < 4.78 is 22.3. The molecule has 148 valence electrons. The number of aryl methyl sites for hydroxylation is 1. The van der Waals surface area contributed by atoms with Gasteiger partial charge in [-0.05, 0) is 36.8 Å². The van der Waals surface area contributed by atoms with Crippen molar-refractivity contribution in [3.05, 3.63) is 68.8 Å². The van der Waals surface area contributed by atoms with Crippen molar-refractivity contribution in [2.75, 3.05) is 14.2 Å². The highest BCUT2D eigenvalue weighted by Crippen LogP contribution is 2.31. The van der Waals surface area contributed by atoms with E-state index in [1.807, 2.05) is 0 Å². The molecule has 1 aromatic carbocycles. The predicted octanol–water partition coefficient (Wildman–Crippen LogP) is 2.38. The van der Waals surface area contributed by atoms with E-state index in [9.17, 15) is 9.59 Å². The summed E-state index contributed by atoms with van der Waals surface area (Å²) >= 11 is 0. The van der Waals surface area contributed by atoms with Gasteiger partial charge in [0.05, 0.1) is 19.6 Å². The van der Waals surface area contributed by atoms with E-state index in [-0.39, 0.29) is 23.6 Å². The van der Waals surface area contributed by atoms with Crippen molar-refractivity contribution in [1.82, 2.24) is 14.7 Å². The van der Waals surface area contributed by atoms with Crippen LogP contribution in [0.5, 0.6) is 11.5 Å². The van der Waals surface area contributed by atoms with Crippen LogP contribution in [-0.4, -0.2) is 28.9 Å². The van der Waals surface area contributed by atoms with Crippen molar-refractivity contribution in [2.24, 2.45) is 0 Å². The minimum atomic E-state index is -0.497. The Bertz CT molecular complexity index is 1320. The van der Waals surface area contributed by atoms with Crippen LogP contribution in [0, 0.1) is 6.92 Å². The number of benzene rings is 1. The molecule has 0 aliphatic heterocycles. The molecule has 4 rings (SSSR count). The average Bonchev–Trinajstić information content (AvgIpc) is 3.17. The number of hydrogen-bond donors (Lipinski definition) is 0. The van der Waals surface area contributed by atoms with Gasteiger partial charge in [0.15, 0.2) is 11.5 Å². The van der Waals surface area contributed by atoms with Crippen molar-refractivity contribution in [3.63, 3.8) is 0 Å². The third-order valence-electron chi connectivity index (χ3n) is 4.48. The Balaban J connectivity index is 1.67. The smallest absolute Gasteiger partial charge is 0.336 e. The number of pyridine rings is 1. The Hall–Kier alpha value is -3.88. The van der Waals surface area contributed by atoms with Gasteiger partial charge in [0.2, 0.25) is 11.7 Å². The summed E-state index contributed by atoms with van der Waals surface area (Å²) in [6.45, 7) is 1.76. The number of aromatic nitrogens is 3. The molecule has 0 saturated carbocycles. The summed E-state index contributed by atoms with van der Waals surface area (Å²) in [5.41, 5.74) is 0.666. The third kappa shape index (κ3) is 3.38. The van der Waals surface area contributed by atoms with E-state index >= 15 is 0 Å². The van der Waals surface area contributed by atoms with E-state index in [0.717, 1.165) is 0 Å². The molecule has 3 heterocycles. The van der Waals surface area contributed by atoms with Gasteiger partial charge in [0, 0.05) is 17.8 Å². The lowest BCUT2D eigenvalue weighted by atomic mass is 10.2. The van der Waals surface area contributed by atoms with Crippen molar-refractivity contribution < 1.29 is 18.4 Å². The first-order valence-electron chi connectivity index (χ1n) is 8.69. The Morgan fingerprint density at radius 3 is 2.62 bits per heavy atom. The van der Waals surface area contributed by atoms with E-state index < -0.39 is 5.63 Å². The largest absolute Gasteiger partial charge is 0.493 e. The highest BCUT2D eigenvalue weighted by Gasteiger charge is 2.14. The summed E-state index contributed by atoms with van der Waals surface area (Å²) in [5.74, 6) is 1.74. The summed E-state index contributed by atoms with van der Waals surface area (Å²) in [5, 5.41) is 4.32. The molecule has 0 radical (unpaired) electrons. The molecule has 4 aromatic rings. The minimum absolute atomic E-state index is 0.0770. The van der Waals surface area contributed by atoms with Gasteiger partial charge >= 0.3 is 5.63 Å². The van der Waals surface area contributed by atoms with E-state index in [4.69, 9.17) is 18.4 Å². The summed E-state index contributed by atoms with van der Waals surface area (Å²) in [6, 6.07) is 8.12. The maximum atomic E-state index is 12.8. The normalized spacial score (nSPS) is 11.0. The van der Waals surface area contributed by atoms with Crippen LogP contribution < -0.4 is 20.7 Å².